The van der Waals surface area contributed by atoms with Crippen molar-refractivity contribution in [3.05, 3.63) is 144 Å². The van der Waals surface area contributed by atoms with Crippen molar-refractivity contribution in [3.8, 4) is 11.1 Å². The number of fused-ring (bicyclic) bond motifs is 4. The lowest BCUT2D eigenvalue weighted by Crippen LogP contribution is -2.56. The van der Waals surface area contributed by atoms with E-state index in [4.69, 9.17) is 4.74 Å². The van der Waals surface area contributed by atoms with Crippen LogP contribution in [0, 0.1) is 0 Å². The topological polar surface area (TPSA) is 150 Å². The van der Waals surface area contributed by atoms with Crippen molar-refractivity contribution in [3.63, 3.8) is 0 Å². The van der Waals surface area contributed by atoms with Crippen LogP contribution in [-0.4, -0.2) is 58.7 Å². The number of carbonyl (C=O) groups excluding carboxylic acids is 3. The van der Waals surface area contributed by atoms with E-state index < -0.39 is 42.0 Å². The summed E-state index contributed by atoms with van der Waals surface area (Å²) in [5.74, 6) is -2.71. The van der Waals surface area contributed by atoms with Crippen molar-refractivity contribution in [1.29, 1.82) is 0 Å². The zero-order valence-electron chi connectivity index (χ0n) is 27.3. The highest BCUT2D eigenvalue weighted by Crippen LogP contribution is 2.44. The van der Waals surface area contributed by atoms with Crippen LogP contribution >= 0.6 is 0 Å². The van der Waals surface area contributed by atoms with Crippen LogP contribution in [0.3, 0.4) is 0 Å². The first-order valence-electron chi connectivity index (χ1n) is 16.5. The molecule has 1 aliphatic rings. The maximum atomic E-state index is 13.9. The van der Waals surface area contributed by atoms with Crippen LogP contribution in [0.2, 0.25) is 0 Å². The molecule has 0 bridgehead atoms. The summed E-state index contributed by atoms with van der Waals surface area (Å²) in [4.78, 5) is 56.0. The molecule has 1 aliphatic carbocycles. The molecule has 0 aliphatic heterocycles. The molecule has 1 heterocycles. The molecule has 50 heavy (non-hydrogen) atoms. The molecule has 5 aromatic rings. The van der Waals surface area contributed by atoms with Crippen molar-refractivity contribution in [2.24, 2.45) is 0 Å². The van der Waals surface area contributed by atoms with E-state index in [-0.39, 0.29) is 31.8 Å². The number of alkyl carbamates (subject to hydrolysis) is 1. The number of rotatable bonds is 14. The minimum Gasteiger partial charge on any atom is -0.480 e. The second kappa shape index (κ2) is 15.4. The smallest absolute Gasteiger partial charge is 0.407 e. The van der Waals surface area contributed by atoms with E-state index in [9.17, 15) is 24.3 Å². The average molecular weight is 671 g/mol. The number of carbonyl (C=O) groups is 4. The van der Waals surface area contributed by atoms with Gasteiger partial charge in [-0.3, -0.25) is 9.59 Å². The minimum atomic E-state index is -1.23. The van der Waals surface area contributed by atoms with Gasteiger partial charge in [-0.2, -0.15) is 0 Å². The Morgan fingerprint density at radius 3 is 2.02 bits per heavy atom. The number of H-pyrrole nitrogens is 1. The third kappa shape index (κ3) is 7.60. The molecule has 1 aromatic heterocycles. The summed E-state index contributed by atoms with van der Waals surface area (Å²) in [5, 5.41) is 18.7. The quantitative estimate of drug-likeness (QED) is 0.0987. The molecular formula is C40H38N4O6. The van der Waals surface area contributed by atoms with E-state index in [2.05, 4.69) is 27.5 Å². The van der Waals surface area contributed by atoms with Crippen molar-refractivity contribution < 1.29 is 29.0 Å². The van der Waals surface area contributed by atoms with Crippen LogP contribution in [0.15, 0.2) is 122 Å². The molecule has 0 spiro atoms. The first kappa shape index (κ1) is 33.7. The average Bonchev–Trinajstić information content (AvgIpc) is 3.69. The van der Waals surface area contributed by atoms with Gasteiger partial charge in [0, 0.05) is 35.9 Å². The Hall–Kier alpha value is -6.16. The van der Waals surface area contributed by atoms with Gasteiger partial charge in [0.05, 0.1) is 0 Å². The number of hydrogen-bond acceptors (Lipinski definition) is 5. The van der Waals surface area contributed by atoms with E-state index in [1.54, 1.807) is 30.5 Å². The highest BCUT2D eigenvalue weighted by Gasteiger charge is 2.32. The van der Waals surface area contributed by atoms with Gasteiger partial charge in [-0.25, -0.2) is 9.59 Å². The summed E-state index contributed by atoms with van der Waals surface area (Å²) in [7, 11) is 0. The predicted molar refractivity (Wildman–Crippen MR) is 190 cm³/mol. The number of benzene rings is 4. The van der Waals surface area contributed by atoms with Crippen LogP contribution in [0.5, 0.6) is 0 Å². The highest BCUT2D eigenvalue weighted by molar-refractivity contribution is 5.94. The molecule has 3 amide bonds. The summed E-state index contributed by atoms with van der Waals surface area (Å²) < 4.78 is 5.76. The van der Waals surface area contributed by atoms with Gasteiger partial charge < -0.3 is 30.8 Å². The number of aliphatic carboxylic acids is 1. The van der Waals surface area contributed by atoms with Gasteiger partial charge in [-0.15, -0.1) is 6.58 Å². The van der Waals surface area contributed by atoms with Crippen LogP contribution in [0.25, 0.3) is 22.0 Å². The number of para-hydroxylation sites is 1. The van der Waals surface area contributed by atoms with Gasteiger partial charge in [0.25, 0.3) is 0 Å². The Labute approximate surface area is 289 Å². The summed E-state index contributed by atoms with van der Waals surface area (Å²) in [6.45, 7) is 3.77. The molecule has 4 aromatic carbocycles. The molecule has 0 unspecified atom stereocenters. The van der Waals surface area contributed by atoms with E-state index in [1.165, 1.54) is 6.08 Å². The molecule has 0 saturated carbocycles. The third-order valence-electron chi connectivity index (χ3n) is 8.98. The van der Waals surface area contributed by atoms with Crippen LogP contribution in [0.1, 0.15) is 34.6 Å². The number of nitrogens with one attached hydrogen (secondary N) is 4. The second-order valence-corrected chi connectivity index (χ2v) is 12.3. The number of carboxylic acid groups (broad SMARTS) is 1. The number of ether oxygens (including phenoxy) is 1. The molecular weight excluding hydrogens is 632 g/mol. The zero-order chi connectivity index (χ0) is 35.0. The van der Waals surface area contributed by atoms with Crippen LogP contribution in [-0.2, 0) is 32.0 Å². The van der Waals surface area contributed by atoms with Crippen molar-refractivity contribution in [1.82, 2.24) is 20.9 Å². The van der Waals surface area contributed by atoms with Crippen LogP contribution < -0.4 is 16.0 Å². The molecule has 0 radical (unpaired) electrons. The second-order valence-electron chi connectivity index (χ2n) is 12.3. The molecule has 0 saturated heterocycles. The lowest BCUT2D eigenvalue weighted by atomic mass is 9.98. The number of aromatic nitrogens is 1. The largest absolute Gasteiger partial charge is 0.480 e. The van der Waals surface area contributed by atoms with Gasteiger partial charge in [-0.1, -0.05) is 103 Å². The van der Waals surface area contributed by atoms with E-state index in [0.717, 1.165) is 44.3 Å². The molecule has 254 valence electrons. The highest BCUT2D eigenvalue weighted by atomic mass is 16.5. The zero-order valence-corrected chi connectivity index (χ0v) is 27.3. The fourth-order valence-electron chi connectivity index (χ4n) is 6.50. The summed E-state index contributed by atoms with van der Waals surface area (Å²) in [6.07, 6.45) is 2.63. The van der Waals surface area contributed by atoms with E-state index >= 15 is 0 Å². The van der Waals surface area contributed by atoms with E-state index in [0.29, 0.717) is 0 Å². The monoisotopic (exact) mass is 670 g/mol. The first-order chi connectivity index (χ1) is 24.3. The Morgan fingerprint density at radius 1 is 0.740 bits per heavy atom. The van der Waals surface area contributed by atoms with Gasteiger partial charge >= 0.3 is 12.1 Å². The number of aromatic amines is 1. The van der Waals surface area contributed by atoms with Crippen molar-refractivity contribution >= 4 is 34.8 Å². The molecule has 10 nitrogen and oxygen atoms in total. The normalized spacial score (nSPS) is 13.7. The standard InChI is InChI=1S/C40H38N4O6/c1-2-12-34(37(45)43-36(39(47)48)21-25-13-4-3-5-14-25)42-38(46)35(22-26-23-41-33-20-11-10-15-27(26)33)44-40(49)50-24-32-30-18-8-6-16-28(30)29-17-7-9-19-31(29)32/h2-11,13-20,23,32,34-36,41H,1,12,21-22,24H2,(H,42,46)(H,43,45)(H,44,49)(H,47,48)/t34-,35+,36-/m1/s1. The first-order valence-corrected chi connectivity index (χ1v) is 16.5. The lowest BCUT2D eigenvalue weighted by molar-refractivity contribution is -0.142. The fraction of sp³-hybridized carbons (Fsp3) is 0.200. The molecule has 6 rings (SSSR count). The lowest BCUT2D eigenvalue weighted by Gasteiger charge is -2.24. The van der Waals surface area contributed by atoms with Crippen molar-refractivity contribution in [2.45, 2.75) is 43.3 Å². The van der Waals surface area contributed by atoms with Crippen molar-refractivity contribution in [2.75, 3.05) is 6.61 Å². The summed E-state index contributed by atoms with van der Waals surface area (Å²) >= 11 is 0. The van der Waals surface area contributed by atoms with Crippen LogP contribution in [0.4, 0.5) is 4.79 Å². The Kier molecular flexibility index (Phi) is 10.4. The predicted octanol–water partition coefficient (Wildman–Crippen LogP) is 5.49. The summed E-state index contributed by atoms with van der Waals surface area (Å²) in [5.41, 5.74) is 6.67. The van der Waals surface area contributed by atoms with Gasteiger partial charge in [0.15, 0.2) is 0 Å². The molecule has 0 fully saturated rings. The number of amides is 3. The fourth-order valence-corrected chi connectivity index (χ4v) is 6.50. The molecule has 5 N–H and O–H groups in total. The van der Waals surface area contributed by atoms with Gasteiger partial charge in [0.2, 0.25) is 11.8 Å². The SMILES string of the molecule is C=CC[C@@H](NC(=O)[C@H](Cc1c[nH]c2ccccc12)NC(=O)OCC1c2ccccc2-c2ccccc21)C(=O)N[C@H](Cc1ccccc1)C(=O)O. The number of hydrogen-bond donors (Lipinski definition) is 5. The maximum absolute atomic E-state index is 13.9. The third-order valence-corrected chi connectivity index (χ3v) is 8.98. The Balaban J connectivity index is 1.18. The molecule has 10 heteroatoms. The summed E-state index contributed by atoms with van der Waals surface area (Å²) in [6, 6.07) is 29.0. The number of carboxylic acids is 1. The Morgan fingerprint density at radius 2 is 1.34 bits per heavy atom. The maximum Gasteiger partial charge on any atom is 0.407 e. The Bertz CT molecular complexity index is 1980. The minimum absolute atomic E-state index is 0.0278. The van der Waals surface area contributed by atoms with Gasteiger partial charge in [0.1, 0.15) is 24.7 Å². The van der Waals surface area contributed by atoms with E-state index in [1.807, 2.05) is 78.9 Å². The van der Waals surface area contributed by atoms with Gasteiger partial charge in [-0.05, 0) is 45.9 Å². The molecule has 3 atom stereocenters.